The summed E-state index contributed by atoms with van der Waals surface area (Å²) in [6.45, 7) is 0. The molecule has 0 aliphatic rings. The third-order valence-corrected chi connectivity index (χ3v) is 3.18. The molecule has 0 atom stereocenters. The summed E-state index contributed by atoms with van der Waals surface area (Å²) in [4.78, 5) is 20.5. The van der Waals surface area contributed by atoms with Crippen molar-refractivity contribution in [1.29, 1.82) is 0 Å². The zero-order valence-corrected chi connectivity index (χ0v) is 13.0. The largest absolute Gasteiger partial charge is 0.457 e. The number of carbonyl (C=O) groups excluding carboxylic acids is 1. The Bertz CT molecular complexity index is 857. The number of ether oxygens (including phenoxy) is 1. The first-order chi connectivity index (χ1) is 11.7. The van der Waals surface area contributed by atoms with E-state index in [9.17, 15) is 4.79 Å². The van der Waals surface area contributed by atoms with E-state index in [4.69, 9.17) is 9.57 Å². The number of hydrogen-bond donors (Lipinski definition) is 0. The van der Waals surface area contributed by atoms with Crippen LogP contribution in [0.4, 0.5) is 0 Å². The van der Waals surface area contributed by atoms with Crippen molar-refractivity contribution in [2.45, 2.75) is 0 Å². The fraction of sp³-hybridized carbons (Fsp3) is 0.0556. The second-order valence-electron chi connectivity index (χ2n) is 4.96. The molecule has 0 aliphatic heterocycles. The zero-order valence-electron chi connectivity index (χ0n) is 13.0. The average Bonchev–Trinajstić information content (AvgIpc) is 3.02. The molecule has 2 aromatic carbocycles. The van der Waals surface area contributed by atoms with Crippen LogP contribution >= 0.6 is 0 Å². The number of hydrogen-bond acceptors (Lipinski definition) is 5. The molecular weight excluding hydrogens is 306 g/mol. The van der Waals surface area contributed by atoms with Crippen molar-refractivity contribution in [3.63, 3.8) is 0 Å². The van der Waals surface area contributed by atoms with Gasteiger partial charge in [0.05, 0.1) is 6.21 Å². The molecule has 0 amide bonds. The Kier molecular flexibility index (Phi) is 4.67. The SMILES string of the molecule is Cn1ccnc1C(=O)ON=Cc1cccc(Oc2ccccc2)c1. The quantitative estimate of drug-likeness (QED) is 0.410. The molecule has 1 aromatic heterocycles. The third-order valence-electron chi connectivity index (χ3n) is 3.18. The van der Waals surface area contributed by atoms with Crippen molar-refractivity contribution in [3.8, 4) is 11.5 Å². The molecule has 0 unspecified atom stereocenters. The maximum absolute atomic E-state index is 11.8. The van der Waals surface area contributed by atoms with Gasteiger partial charge < -0.3 is 14.1 Å². The molecule has 3 aromatic rings. The lowest BCUT2D eigenvalue weighted by Crippen LogP contribution is -2.08. The first kappa shape index (κ1) is 15.5. The summed E-state index contributed by atoms with van der Waals surface area (Å²) >= 11 is 0. The normalized spacial score (nSPS) is 10.7. The van der Waals surface area contributed by atoms with E-state index in [2.05, 4.69) is 10.1 Å². The van der Waals surface area contributed by atoms with Gasteiger partial charge in [-0.15, -0.1) is 0 Å². The number of oxime groups is 1. The van der Waals surface area contributed by atoms with Crippen LogP contribution in [0.5, 0.6) is 11.5 Å². The molecule has 0 saturated heterocycles. The number of nitrogens with zero attached hydrogens (tertiary/aromatic N) is 3. The second-order valence-corrected chi connectivity index (χ2v) is 4.96. The predicted octanol–water partition coefficient (Wildman–Crippen LogP) is 3.40. The van der Waals surface area contributed by atoms with E-state index in [0.717, 1.165) is 11.3 Å². The number of para-hydroxylation sites is 1. The van der Waals surface area contributed by atoms with Crippen LogP contribution in [0, 0.1) is 0 Å². The van der Waals surface area contributed by atoms with E-state index in [1.54, 1.807) is 23.9 Å². The Balaban J connectivity index is 1.64. The van der Waals surface area contributed by atoms with Gasteiger partial charge in [0, 0.05) is 19.4 Å². The monoisotopic (exact) mass is 321 g/mol. The first-order valence-corrected chi connectivity index (χ1v) is 7.27. The van der Waals surface area contributed by atoms with Crippen molar-refractivity contribution in [2.75, 3.05) is 0 Å². The second kappa shape index (κ2) is 7.23. The smallest absolute Gasteiger partial charge is 0.400 e. The number of benzene rings is 2. The predicted molar refractivity (Wildman–Crippen MR) is 89.2 cm³/mol. The van der Waals surface area contributed by atoms with E-state index in [0.29, 0.717) is 5.75 Å². The highest BCUT2D eigenvalue weighted by Gasteiger charge is 2.11. The van der Waals surface area contributed by atoms with Gasteiger partial charge in [0.2, 0.25) is 5.82 Å². The molecule has 1 heterocycles. The van der Waals surface area contributed by atoms with Crippen LogP contribution in [-0.2, 0) is 11.9 Å². The van der Waals surface area contributed by atoms with Crippen LogP contribution in [0.25, 0.3) is 0 Å². The number of carbonyl (C=O) groups is 1. The van der Waals surface area contributed by atoms with E-state index in [-0.39, 0.29) is 5.82 Å². The van der Waals surface area contributed by atoms with Crippen molar-refractivity contribution in [2.24, 2.45) is 12.2 Å². The van der Waals surface area contributed by atoms with Crippen molar-refractivity contribution in [3.05, 3.63) is 78.4 Å². The van der Waals surface area contributed by atoms with Crippen LogP contribution in [0.2, 0.25) is 0 Å². The fourth-order valence-corrected chi connectivity index (χ4v) is 2.02. The standard InChI is InChI=1S/C18H15N3O3/c1-21-11-10-19-17(21)18(22)24-20-13-14-6-5-9-16(12-14)23-15-7-3-2-4-8-15/h2-13H,1H3. The zero-order chi connectivity index (χ0) is 16.8. The van der Waals surface area contributed by atoms with Crippen LogP contribution in [0.3, 0.4) is 0 Å². The molecule has 0 radical (unpaired) electrons. The Morgan fingerprint density at radius 1 is 1.12 bits per heavy atom. The molecule has 6 nitrogen and oxygen atoms in total. The van der Waals surface area contributed by atoms with E-state index in [1.807, 2.05) is 48.5 Å². The highest BCUT2D eigenvalue weighted by atomic mass is 16.7. The maximum Gasteiger partial charge on any atom is 0.400 e. The van der Waals surface area contributed by atoms with E-state index >= 15 is 0 Å². The lowest BCUT2D eigenvalue weighted by Gasteiger charge is -2.05. The summed E-state index contributed by atoms with van der Waals surface area (Å²) in [7, 11) is 1.71. The Labute approximate surface area is 139 Å². The molecule has 0 N–H and O–H groups in total. The highest BCUT2D eigenvalue weighted by Crippen LogP contribution is 2.21. The summed E-state index contributed by atoms with van der Waals surface area (Å²) in [6.07, 6.45) is 4.62. The Morgan fingerprint density at radius 3 is 2.67 bits per heavy atom. The number of aromatic nitrogens is 2. The molecule has 0 aliphatic carbocycles. The van der Waals surface area contributed by atoms with Gasteiger partial charge in [-0.25, -0.2) is 9.78 Å². The molecule has 120 valence electrons. The molecule has 0 spiro atoms. The van der Waals surface area contributed by atoms with Gasteiger partial charge in [-0.05, 0) is 29.8 Å². The first-order valence-electron chi connectivity index (χ1n) is 7.27. The maximum atomic E-state index is 11.8. The van der Waals surface area contributed by atoms with Crippen LogP contribution in [-0.4, -0.2) is 21.7 Å². The number of aryl methyl sites for hydroxylation is 1. The van der Waals surface area contributed by atoms with Gasteiger partial charge in [-0.1, -0.05) is 35.5 Å². The minimum Gasteiger partial charge on any atom is -0.457 e. The lowest BCUT2D eigenvalue weighted by atomic mass is 10.2. The van der Waals surface area contributed by atoms with Gasteiger partial charge >= 0.3 is 5.97 Å². The molecule has 0 saturated carbocycles. The average molecular weight is 321 g/mol. The number of imidazole rings is 1. The summed E-state index contributed by atoms with van der Waals surface area (Å²) in [5.41, 5.74) is 0.746. The van der Waals surface area contributed by atoms with Crippen molar-refractivity contribution in [1.82, 2.24) is 9.55 Å². The summed E-state index contributed by atoms with van der Waals surface area (Å²) in [5.74, 6) is 0.983. The summed E-state index contributed by atoms with van der Waals surface area (Å²) < 4.78 is 7.30. The van der Waals surface area contributed by atoms with Crippen LogP contribution in [0.1, 0.15) is 16.2 Å². The van der Waals surface area contributed by atoms with Gasteiger partial charge in [0.1, 0.15) is 11.5 Å². The van der Waals surface area contributed by atoms with E-state index in [1.165, 1.54) is 12.4 Å². The minimum atomic E-state index is -0.615. The Hall–Kier alpha value is -3.41. The minimum absolute atomic E-state index is 0.188. The van der Waals surface area contributed by atoms with Crippen LogP contribution < -0.4 is 4.74 Å². The molecule has 0 fully saturated rings. The van der Waals surface area contributed by atoms with Crippen molar-refractivity contribution >= 4 is 12.2 Å². The molecular formula is C18H15N3O3. The molecule has 6 heteroatoms. The number of rotatable bonds is 5. The van der Waals surface area contributed by atoms with Gasteiger partial charge in [0.15, 0.2) is 0 Å². The molecule has 0 bridgehead atoms. The Morgan fingerprint density at radius 2 is 1.92 bits per heavy atom. The molecule has 24 heavy (non-hydrogen) atoms. The highest BCUT2D eigenvalue weighted by molar-refractivity contribution is 5.86. The van der Waals surface area contributed by atoms with Gasteiger partial charge in [-0.3, -0.25) is 0 Å². The van der Waals surface area contributed by atoms with E-state index < -0.39 is 5.97 Å². The van der Waals surface area contributed by atoms with Gasteiger partial charge in [0.25, 0.3) is 0 Å². The molecule has 3 rings (SSSR count). The third kappa shape index (κ3) is 3.86. The topological polar surface area (TPSA) is 65.7 Å². The van der Waals surface area contributed by atoms with Gasteiger partial charge in [-0.2, -0.15) is 0 Å². The summed E-state index contributed by atoms with van der Waals surface area (Å²) in [5, 5.41) is 3.70. The lowest BCUT2D eigenvalue weighted by molar-refractivity contribution is 0.0500. The van der Waals surface area contributed by atoms with Crippen LogP contribution in [0.15, 0.2) is 72.1 Å². The van der Waals surface area contributed by atoms with Crippen molar-refractivity contribution < 1.29 is 14.4 Å². The fourth-order valence-electron chi connectivity index (χ4n) is 2.02. The summed E-state index contributed by atoms with van der Waals surface area (Å²) in [6, 6.07) is 16.8.